The molecule has 0 spiro atoms. The zero-order valence-electron chi connectivity index (χ0n) is 34.8. The van der Waals surface area contributed by atoms with Crippen LogP contribution in [-0.2, 0) is 25.5 Å². The highest BCUT2D eigenvalue weighted by atomic mass is 16.5. The molecule has 4 atom stereocenters. The number of rotatable bonds is 10. The second-order valence-electron chi connectivity index (χ2n) is 16.6. The minimum Gasteiger partial charge on any atom is -0.457 e. The molecule has 4 amide bonds. The largest absolute Gasteiger partial charge is 0.457 e. The van der Waals surface area contributed by atoms with Crippen LogP contribution in [-0.4, -0.2) is 93.1 Å². The van der Waals surface area contributed by atoms with Gasteiger partial charge in [-0.05, 0) is 102 Å². The van der Waals surface area contributed by atoms with E-state index in [2.05, 4.69) is 50.9 Å². The predicted octanol–water partition coefficient (Wildman–Crippen LogP) is 7.40. The first kappa shape index (κ1) is 40.4. The third-order valence-corrected chi connectivity index (χ3v) is 11.9. The molecule has 2 aromatic heterocycles. The average Bonchev–Trinajstić information content (AvgIpc) is 4.09. The lowest BCUT2D eigenvalue weighted by Crippen LogP contribution is -2.51. The third-order valence-electron chi connectivity index (χ3n) is 11.9. The van der Waals surface area contributed by atoms with E-state index in [9.17, 15) is 19.2 Å². The van der Waals surface area contributed by atoms with Gasteiger partial charge >= 0.3 is 12.2 Å². The number of benzene rings is 3. The van der Waals surface area contributed by atoms with Gasteiger partial charge < -0.3 is 44.6 Å². The number of amides is 4. The molecule has 8 rings (SSSR count). The van der Waals surface area contributed by atoms with Crippen molar-refractivity contribution >= 4 is 35.0 Å². The molecule has 5 aromatic rings. The van der Waals surface area contributed by atoms with Crippen LogP contribution in [0.5, 0.6) is 11.5 Å². The quantitative estimate of drug-likeness (QED) is 0.109. The number of hydrogen-bond acceptors (Lipinski definition) is 9. The minimum atomic E-state index is -0.702. The molecular weight excluding hydrogens is 765 g/mol. The summed E-state index contributed by atoms with van der Waals surface area (Å²) < 4.78 is 16.0. The number of nitrogens with one attached hydrogen (secondary N) is 4. The lowest BCUT2D eigenvalue weighted by molar-refractivity contribution is -0.136. The zero-order chi connectivity index (χ0) is 42.2. The fourth-order valence-electron chi connectivity index (χ4n) is 8.71. The molecule has 314 valence electrons. The molecule has 3 aliphatic rings. The Balaban J connectivity index is 0.980. The number of alkyl carbamates (subject to hydrolysis) is 2. The normalized spacial score (nSPS) is 18.2. The smallest absolute Gasteiger partial charge is 0.407 e. The van der Waals surface area contributed by atoms with Gasteiger partial charge in [0.25, 0.3) is 0 Å². The number of carbonyl (C=O) groups is 4. The van der Waals surface area contributed by atoms with E-state index in [1.165, 1.54) is 14.2 Å². The molecular formula is C45H52N8O7. The molecule has 15 nitrogen and oxygen atoms in total. The summed E-state index contributed by atoms with van der Waals surface area (Å²) in [6, 6.07) is 16.7. The molecule has 3 aromatic carbocycles. The molecule has 0 saturated carbocycles. The summed E-state index contributed by atoms with van der Waals surface area (Å²) in [5.74, 6) is 2.53. The maximum absolute atomic E-state index is 13.7. The number of ether oxygens (including phenoxy) is 3. The van der Waals surface area contributed by atoms with Crippen LogP contribution in [0.15, 0.2) is 60.8 Å². The van der Waals surface area contributed by atoms with Gasteiger partial charge in [-0.15, -0.1) is 0 Å². The molecule has 0 aliphatic carbocycles. The van der Waals surface area contributed by atoms with Gasteiger partial charge in [0.1, 0.15) is 35.2 Å². The number of nitrogens with zero attached hydrogens (tertiary/aromatic N) is 4. The second-order valence-corrected chi connectivity index (χ2v) is 16.6. The molecule has 0 radical (unpaired) electrons. The van der Waals surface area contributed by atoms with E-state index in [1.807, 2.05) is 68.0 Å². The first-order valence-electron chi connectivity index (χ1n) is 20.7. The van der Waals surface area contributed by atoms with Crippen molar-refractivity contribution < 1.29 is 33.4 Å². The Kier molecular flexibility index (Phi) is 11.2. The van der Waals surface area contributed by atoms with Crippen molar-refractivity contribution in [2.75, 3.05) is 27.3 Å². The fraction of sp³-hybridized carbons (Fsp3) is 0.422. The average molecular weight is 817 g/mol. The first-order valence-corrected chi connectivity index (χ1v) is 20.7. The lowest BCUT2D eigenvalue weighted by Gasteiger charge is -2.30. The third kappa shape index (κ3) is 7.87. The van der Waals surface area contributed by atoms with E-state index in [0.717, 1.165) is 87.6 Å². The van der Waals surface area contributed by atoms with Crippen molar-refractivity contribution in [3.05, 3.63) is 83.6 Å². The van der Waals surface area contributed by atoms with Crippen LogP contribution in [0.3, 0.4) is 0 Å². The predicted molar refractivity (Wildman–Crippen MR) is 224 cm³/mol. The maximum Gasteiger partial charge on any atom is 0.407 e. The molecule has 0 bridgehead atoms. The van der Waals surface area contributed by atoms with E-state index >= 15 is 0 Å². The van der Waals surface area contributed by atoms with Crippen molar-refractivity contribution in [1.82, 2.24) is 40.4 Å². The number of aromatic nitrogens is 4. The number of likely N-dealkylation sites (tertiary alicyclic amines) is 2. The highest BCUT2D eigenvalue weighted by molar-refractivity contribution is 5.88. The minimum absolute atomic E-state index is 0.116. The van der Waals surface area contributed by atoms with Gasteiger partial charge in [0.05, 0.1) is 49.2 Å². The van der Waals surface area contributed by atoms with Gasteiger partial charge in [0.15, 0.2) is 0 Å². The molecule has 2 saturated heterocycles. The molecule has 5 heterocycles. The van der Waals surface area contributed by atoms with Crippen molar-refractivity contribution in [2.45, 2.75) is 84.0 Å². The van der Waals surface area contributed by atoms with Gasteiger partial charge in [-0.3, -0.25) is 9.59 Å². The maximum atomic E-state index is 13.7. The monoisotopic (exact) mass is 816 g/mol. The topological polar surface area (TPSA) is 184 Å². The Hall–Kier alpha value is -6.38. The number of H-pyrrole nitrogens is 2. The molecule has 4 N–H and O–H groups in total. The number of hydrogen-bond donors (Lipinski definition) is 4. The van der Waals surface area contributed by atoms with Gasteiger partial charge in [-0.25, -0.2) is 19.6 Å². The van der Waals surface area contributed by atoms with Crippen LogP contribution in [0.1, 0.15) is 88.2 Å². The number of aromatic amines is 2. The van der Waals surface area contributed by atoms with Crippen molar-refractivity contribution in [2.24, 2.45) is 11.8 Å². The van der Waals surface area contributed by atoms with Crippen molar-refractivity contribution in [3.63, 3.8) is 0 Å². The number of fused-ring (bicyclic) bond motifs is 3. The Morgan fingerprint density at radius 1 is 0.717 bits per heavy atom. The zero-order valence-corrected chi connectivity index (χ0v) is 34.8. The summed E-state index contributed by atoms with van der Waals surface area (Å²) in [7, 11) is 2.58. The molecule has 2 fully saturated rings. The number of methoxy groups -OCH3 is 2. The number of carbonyl (C=O) groups excluding carboxylic acids is 4. The second kappa shape index (κ2) is 16.7. The van der Waals surface area contributed by atoms with Gasteiger partial charge in [-0.1, -0.05) is 39.8 Å². The lowest BCUT2D eigenvalue weighted by atomic mass is 9.94. The van der Waals surface area contributed by atoms with E-state index in [1.54, 1.807) is 0 Å². The van der Waals surface area contributed by atoms with E-state index in [-0.39, 0.29) is 35.7 Å². The van der Waals surface area contributed by atoms with Crippen LogP contribution in [0.2, 0.25) is 0 Å². The Morgan fingerprint density at radius 3 is 1.83 bits per heavy atom. The van der Waals surface area contributed by atoms with Crippen molar-refractivity contribution in [1.29, 1.82) is 0 Å². The van der Waals surface area contributed by atoms with Crippen LogP contribution >= 0.6 is 0 Å². The van der Waals surface area contributed by atoms with Gasteiger partial charge in [-0.2, -0.15) is 0 Å². The summed E-state index contributed by atoms with van der Waals surface area (Å²) in [6.07, 6.45) is 4.44. The standard InChI is InChI=1S/C45H52N8O7/c1-24(2)38(50-44(56)58-5)42(54)52-17-7-9-34(52)40-46-23-33(49-40)28-13-16-37-30(20-28)21-29-19-26(12-15-36(29)60-37)27-11-14-31-32(22-27)48-41(47-31)35-10-8-18-53(35)43(55)39(25(3)4)51-45(57)59-6/h11-16,19-20,22-25,34-35,38-39H,7-10,17-18,21H2,1-6H3,(H,46,49)(H,47,48)(H,50,56)(H,51,57)/t34-,35-,38-,39-/m0/s1. The summed E-state index contributed by atoms with van der Waals surface area (Å²) in [6.45, 7) is 8.78. The SMILES string of the molecule is COC(=O)N[C@H](C(=O)N1CCC[C@H]1c1ncc(-c2ccc3c(c2)Cc2cc(-c4ccc5nc([C@@H]6CCCN6C(=O)[C@@H](NC(=O)OC)C(C)C)[nH]c5c4)ccc2O3)[nH]1)C(C)C. The Labute approximate surface area is 348 Å². The van der Waals surface area contributed by atoms with Gasteiger partial charge in [0, 0.05) is 25.1 Å². The highest BCUT2D eigenvalue weighted by Gasteiger charge is 2.39. The number of imidazole rings is 2. The molecule has 15 heteroatoms. The molecule has 3 aliphatic heterocycles. The summed E-state index contributed by atoms with van der Waals surface area (Å²) in [5, 5.41) is 5.42. The molecule has 0 unspecified atom stereocenters. The Morgan fingerprint density at radius 2 is 1.25 bits per heavy atom. The van der Waals surface area contributed by atoms with Gasteiger partial charge in [0.2, 0.25) is 11.8 Å². The van der Waals surface area contributed by atoms with E-state index in [4.69, 9.17) is 24.2 Å². The summed E-state index contributed by atoms with van der Waals surface area (Å²) in [5.41, 5.74) is 7.66. The fourth-order valence-corrected chi connectivity index (χ4v) is 8.71. The van der Waals surface area contributed by atoms with Crippen LogP contribution in [0.4, 0.5) is 9.59 Å². The van der Waals surface area contributed by atoms with Crippen molar-refractivity contribution in [3.8, 4) is 33.9 Å². The van der Waals surface area contributed by atoms with Crippen LogP contribution in [0.25, 0.3) is 33.4 Å². The first-order chi connectivity index (χ1) is 28.9. The summed E-state index contributed by atoms with van der Waals surface area (Å²) >= 11 is 0. The van der Waals surface area contributed by atoms with E-state index in [0.29, 0.717) is 25.3 Å². The van der Waals surface area contributed by atoms with Crippen LogP contribution in [0, 0.1) is 11.8 Å². The Bertz CT molecular complexity index is 2440. The highest BCUT2D eigenvalue weighted by Crippen LogP contribution is 2.41. The summed E-state index contributed by atoms with van der Waals surface area (Å²) in [4.78, 5) is 71.6. The molecule has 60 heavy (non-hydrogen) atoms. The van der Waals surface area contributed by atoms with E-state index < -0.39 is 24.3 Å². The van der Waals surface area contributed by atoms with Crippen LogP contribution < -0.4 is 15.4 Å².